The number of benzene rings is 2. The Morgan fingerprint density at radius 3 is 2.81 bits per heavy atom. The first-order chi connectivity index (χ1) is 13.1. The Labute approximate surface area is 155 Å². The molecule has 0 bridgehead atoms. The van der Waals surface area contributed by atoms with Crippen LogP contribution in [0.25, 0.3) is 22.3 Å². The fourth-order valence-electron chi connectivity index (χ4n) is 2.82. The number of H-pyrrole nitrogens is 1. The number of fused-ring (bicyclic) bond motifs is 1. The number of aliphatic hydroxyl groups excluding tert-OH is 1. The first kappa shape index (κ1) is 17.0. The van der Waals surface area contributed by atoms with Gasteiger partial charge in [0.25, 0.3) is 11.8 Å². The molecule has 0 unspecified atom stereocenters. The highest BCUT2D eigenvalue weighted by molar-refractivity contribution is 5.94. The fraction of sp³-hybridized carbons (Fsp3) is 0.150. The highest BCUT2D eigenvalue weighted by Gasteiger charge is 2.21. The Bertz CT molecular complexity index is 1080. The van der Waals surface area contributed by atoms with Gasteiger partial charge in [-0.05, 0) is 43.3 Å². The SMILES string of the molecule is Cc1ccc(C(=O)N[C@@H](CO)c2nc(-c3ccc4[nH]ccc4c3)no2)cc1. The highest BCUT2D eigenvalue weighted by atomic mass is 16.5. The molecule has 2 aromatic heterocycles. The first-order valence-corrected chi connectivity index (χ1v) is 8.53. The summed E-state index contributed by atoms with van der Waals surface area (Å²) in [7, 11) is 0. The molecule has 7 heteroatoms. The molecule has 4 rings (SSSR count). The van der Waals surface area contributed by atoms with E-state index >= 15 is 0 Å². The van der Waals surface area contributed by atoms with E-state index in [0.29, 0.717) is 11.4 Å². The van der Waals surface area contributed by atoms with Gasteiger partial charge < -0.3 is 19.9 Å². The van der Waals surface area contributed by atoms with Crippen LogP contribution in [0, 0.1) is 6.92 Å². The summed E-state index contributed by atoms with van der Waals surface area (Å²) in [6, 6.07) is 14.1. The topological polar surface area (TPSA) is 104 Å². The van der Waals surface area contributed by atoms with Crippen LogP contribution in [0.2, 0.25) is 0 Å². The molecule has 3 N–H and O–H groups in total. The van der Waals surface area contributed by atoms with Crippen LogP contribution < -0.4 is 5.32 Å². The van der Waals surface area contributed by atoms with E-state index in [0.717, 1.165) is 22.0 Å². The van der Waals surface area contributed by atoms with Gasteiger partial charge in [-0.2, -0.15) is 4.98 Å². The molecule has 0 saturated heterocycles. The largest absolute Gasteiger partial charge is 0.394 e. The maximum Gasteiger partial charge on any atom is 0.251 e. The van der Waals surface area contributed by atoms with E-state index in [1.807, 2.05) is 49.5 Å². The van der Waals surface area contributed by atoms with Gasteiger partial charge >= 0.3 is 0 Å². The average Bonchev–Trinajstić information content (AvgIpc) is 3.35. The number of hydrogen-bond acceptors (Lipinski definition) is 5. The van der Waals surface area contributed by atoms with E-state index in [-0.39, 0.29) is 18.4 Å². The molecule has 0 fully saturated rings. The second-order valence-electron chi connectivity index (χ2n) is 6.31. The van der Waals surface area contributed by atoms with Crippen molar-refractivity contribution in [2.24, 2.45) is 0 Å². The van der Waals surface area contributed by atoms with Gasteiger partial charge in [-0.3, -0.25) is 4.79 Å². The number of nitrogens with one attached hydrogen (secondary N) is 2. The summed E-state index contributed by atoms with van der Waals surface area (Å²) >= 11 is 0. The number of amides is 1. The standard InChI is InChI=1S/C20H18N4O3/c1-12-2-4-13(5-3-12)19(26)22-17(11-25)20-23-18(24-27-20)15-6-7-16-14(10-15)8-9-21-16/h2-10,17,21,25H,11H2,1H3,(H,22,26)/t17-/m0/s1. The second kappa shape index (κ2) is 7.05. The Morgan fingerprint density at radius 2 is 2.04 bits per heavy atom. The van der Waals surface area contributed by atoms with Crippen molar-refractivity contribution < 1.29 is 14.4 Å². The smallest absolute Gasteiger partial charge is 0.251 e. The third kappa shape index (κ3) is 3.45. The molecule has 0 saturated carbocycles. The summed E-state index contributed by atoms with van der Waals surface area (Å²) in [5, 5.41) is 17.4. The summed E-state index contributed by atoms with van der Waals surface area (Å²) in [5.41, 5.74) is 3.36. The van der Waals surface area contributed by atoms with Crippen molar-refractivity contribution in [2.75, 3.05) is 6.61 Å². The van der Waals surface area contributed by atoms with Crippen LogP contribution in [0.15, 0.2) is 59.3 Å². The molecular weight excluding hydrogens is 344 g/mol. The average molecular weight is 362 g/mol. The molecule has 1 atom stereocenters. The minimum Gasteiger partial charge on any atom is -0.394 e. The molecule has 0 spiro atoms. The lowest BCUT2D eigenvalue weighted by atomic mass is 10.1. The van der Waals surface area contributed by atoms with Gasteiger partial charge in [-0.1, -0.05) is 22.9 Å². The monoisotopic (exact) mass is 362 g/mol. The van der Waals surface area contributed by atoms with Crippen molar-refractivity contribution in [2.45, 2.75) is 13.0 Å². The summed E-state index contributed by atoms with van der Waals surface area (Å²) < 4.78 is 5.28. The third-order valence-corrected chi connectivity index (χ3v) is 4.35. The molecule has 0 aliphatic rings. The quantitative estimate of drug-likeness (QED) is 0.506. The van der Waals surface area contributed by atoms with Crippen molar-refractivity contribution in [1.82, 2.24) is 20.4 Å². The normalized spacial score (nSPS) is 12.2. The van der Waals surface area contributed by atoms with Gasteiger partial charge in [0.05, 0.1) is 6.61 Å². The summed E-state index contributed by atoms with van der Waals surface area (Å²) in [5.74, 6) is 0.237. The third-order valence-electron chi connectivity index (χ3n) is 4.35. The van der Waals surface area contributed by atoms with E-state index in [4.69, 9.17) is 4.52 Å². The predicted molar refractivity (Wildman–Crippen MR) is 100 cm³/mol. The molecule has 27 heavy (non-hydrogen) atoms. The Balaban J connectivity index is 1.54. The van der Waals surface area contributed by atoms with Gasteiger partial charge in [-0.25, -0.2) is 0 Å². The van der Waals surface area contributed by atoms with E-state index < -0.39 is 6.04 Å². The number of nitrogens with zero attached hydrogens (tertiary/aromatic N) is 2. The lowest BCUT2D eigenvalue weighted by Gasteiger charge is -2.12. The van der Waals surface area contributed by atoms with E-state index in [9.17, 15) is 9.90 Å². The maximum atomic E-state index is 12.4. The minimum absolute atomic E-state index is 0.155. The van der Waals surface area contributed by atoms with Crippen molar-refractivity contribution in [1.29, 1.82) is 0 Å². The summed E-state index contributed by atoms with van der Waals surface area (Å²) in [6.07, 6.45) is 1.86. The molecule has 0 aliphatic carbocycles. The van der Waals surface area contributed by atoms with E-state index in [2.05, 4.69) is 20.4 Å². The highest BCUT2D eigenvalue weighted by Crippen LogP contribution is 2.23. The lowest BCUT2D eigenvalue weighted by Crippen LogP contribution is -2.31. The number of aryl methyl sites for hydroxylation is 1. The van der Waals surface area contributed by atoms with E-state index in [1.165, 1.54) is 0 Å². The van der Waals surface area contributed by atoms with Crippen LogP contribution in [0.4, 0.5) is 0 Å². The van der Waals surface area contributed by atoms with Gasteiger partial charge in [0.2, 0.25) is 5.82 Å². The number of aromatic nitrogens is 3. The summed E-state index contributed by atoms with van der Waals surface area (Å²) in [6.45, 7) is 1.60. The van der Waals surface area contributed by atoms with Crippen molar-refractivity contribution >= 4 is 16.8 Å². The molecule has 4 aromatic rings. The van der Waals surface area contributed by atoms with Gasteiger partial charge in [0.15, 0.2) is 0 Å². The van der Waals surface area contributed by atoms with Crippen molar-refractivity contribution in [3.8, 4) is 11.4 Å². The van der Waals surface area contributed by atoms with Crippen LogP contribution in [0.3, 0.4) is 0 Å². The zero-order valence-corrected chi connectivity index (χ0v) is 14.6. The minimum atomic E-state index is -0.781. The molecule has 0 aliphatic heterocycles. The number of carbonyl (C=O) groups excluding carboxylic acids is 1. The molecule has 136 valence electrons. The number of hydrogen-bond donors (Lipinski definition) is 3. The maximum absolute atomic E-state index is 12.4. The molecule has 0 radical (unpaired) electrons. The van der Waals surface area contributed by atoms with Crippen LogP contribution in [-0.4, -0.2) is 32.7 Å². The van der Waals surface area contributed by atoms with Gasteiger partial charge in [-0.15, -0.1) is 0 Å². The van der Waals surface area contributed by atoms with Crippen molar-refractivity contribution in [3.63, 3.8) is 0 Å². The number of aromatic amines is 1. The van der Waals surface area contributed by atoms with E-state index in [1.54, 1.807) is 12.1 Å². The Morgan fingerprint density at radius 1 is 1.22 bits per heavy atom. The Hall–Kier alpha value is -3.45. The first-order valence-electron chi connectivity index (χ1n) is 8.53. The fourth-order valence-corrected chi connectivity index (χ4v) is 2.82. The van der Waals surface area contributed by atoms with Gasteiger partial charge in [0, 0.05) is 28.2 Å². The lowest BCUT2D eigenvalue weighted by molar-refractivity contribution is 0.0901. The molecule has 1 amide bonds. The van der Waals surface area contributed by atoms with Crippen LogP contribution in [0.5, 0.6) is 0 Å². The van der Waals surface area contributed by atoms with Gasteiger partial charge in [0.1, 0.15) is 6.04 Å². The molecule has 7 nitrogen and oxygen atoms in total. The van der Waals surface area contributed by atoms with Crippen LogP contribution in [0.1, 0.15) is 27.9 Å². The molecule has 2 heterocycles. The molecule has 2 aromatic carbocycles. The number of rotatable bonds is 5. The molecular formula is C20H18N4O3. The zero-order chi connectivity index (χ0) is 18.8. The number of carbonyl (C=O) groups is 1. The van der Waals surface area contributed by atoms with Crippen LogP contribution >= 0.6 is 0 Å². The second-order valence-corrected chi connectivity index (χ2v) is 6.31. The van der Waals surface area contributed by atoms with Crippen LogP contribution in [-0.2, 0) is 0 Å². The number of aliphatic hydroxyl groups is 1. The van der Waals surface area contributed by atoms with Crippen molar-refractivity contribution in [3.05, 3.63) is 71.7 Å². The zero-order valence-electron chi connectivity index (χ0n) is 14.6. The summed E-state index contributed by atoms with van der Waals surface area (Å²) in [4.78, 5) is 19.8. The predicted octanol–water partition coefficient (Wildman–Crippen LogP) is 2.99. The Kier molecular flexibility index (Phi) is 4.43.